The van der Waals surface area contributed by atoms with E-state index in [0.29, 0.717) is 16.3 Å². The third kappa shape index (κ3) is 3.73. The number of nitrogens with one attached hydrogen (secondary N) is 3. The van der Waals surface area contributed by atoms with Crippen LogP contribution in [-0.2, 0) is 4.79 Å². The van der Waals surface area contributed by atoms with Crippen molar-refractivity contribution in [2.24, 2.45) is 0 Å². The lowest BCUT2D eigenvalue weighted by atomic mass is 9.94. The Morgan fingerprint density at radius 3 is 2.62 bits per heavy atom. The summed E-state index contributed by atoms with van der Waals surface area (Å²) >= 11 is 6.09. The first-order valence-corrected chi connectivity index (χ1v) is 8.65. The van der Waals surface area contributed by atoms with Gasteiger partial charge in [0.15, 0.2) is 0 Å². The van der Waals surface area contributed by atoms with Crippen molar-refractivity contribution in [1.29, 1.82) is 0 Å². The molecule has 0 radical (unpaired) electrons. The Kier molecular flexibility index (Phi) is 5.00. The molecule has 0 fully saturated rings. The van der Waals surface area contributed by atoms with Crippen LogP contribution in [0, 0.1) is 13.8 Å². The van der Waals surface area contributed by atoms with Crippen molar-refractivity contribution in [3.05, 3.63) is 75.4 Å². The monoisotopic (exact) mass is 369 g/mol. The minimum Gasteiger partial charge on any atom is -0.327 e. The van der Waals surface area contributed by atoms with Crippen molar-refractivity contribution in [2.75, 3.05) is 5.32 Å². The fraction of sp³-hybridized carbons (Fsp3) is 0.200. The van der Waals surface area contributed by atoms with Crippen LogP contribution in [0.25, 0.3) is 0 Å². The molecule has 3 amide bonds. The van der Waals surface area contributed by atoms with Gasteiger partial charge in [-0.25, -0.2) is 4.79 Å². The zero-order valence-electron chi connectivity index (χ0n) is 14.8. The van der Waals surface area contributed by atoms with Gasteiger partial charge < -0.3 is 16.0 Å². The first-order chi connectivity index (χ1) is 12.3. The van der Waals surface area contributed by atoms with E-state index in [4.69, 9.17) is 11.6 Å². The fourth-order valence-corrected chi connectivity index (χ4v) is 3.19. The molecule has 0 aromatic heterocycles. The molecule has 1 aliphatic rings. The summed E-state index contributed by atoms with van der Waals surface area (Å²) in [5.41, 5.74) is 4.48. The van der Waals surface area contributed by atoms with Crippen LogP contribution >= 0.6 is 11.6 Å². The molecular weight excluding hydrogens is 350 g/mol. The number of hydrogen-bond donors (Lipinski definition) is 3. The molecule has 3 rings (SSSR count). The molecule has 0 saturated carbocycles. The van der Waals surface area contributed by atoms with Crippen LogP contribution in [0.5, 0.6) is 0 Å². The summed E-state index contributed by atoms with van der Waals surface area (Å²) < 4.78 is 0. The summed E-state index contributed by atoms with van der Waals surface area (Å²) in [6.45, 7) is 5.62. The predicted molar refractivity (Wildman–Crippen MR) is 103 cm³/mol. The Morgan fingerprint density at radius 1 is 1.12 bits per heavy atom. The van der Waals surface area contributed by atoms with Gasteiger partial charge in [0.05, 0.1) is 11.6 Å². The highest BCUT2D eigenvalue weighted by molar-refractivity contribution is 6.30. The molecule has 0 bridgehead atoms. The van der Waals surface area contributed by atoms with Gasteiger partial charge in [-0.15, -0.1) is 0 Å². The van der Waals surface area contributed by atoms with Crippen LogP contribution in [0.2, 0.25) is 5.02 Å². The number of allylic oxidation sites excluding steroid dienone is 1. The molecule has 6 heteroatoms. The van der Waals surface area contributed by atoms with Gasteiger partial charge in [-0.05, 0) is 55.7 Å². The van der Waals surface area contributed by atoms with Crippen LogP contribution in [0.3, 0.4) is 0 Å². The van der Waals surface area contributed by atoms with E-state index in [1.807, 2.05) is 38.1 Å². The minimum atomic E-state index is -0.576. The first-order valence-electron chi connectivity index (χ1n) is 8.27. The molecule has 26 heavy (non-hydrogen) atoms. The van der Waals surface area contributed by atoms with Crippen LogP contribution in [-0.4, -0.2) is 11.9 Å². The van der Waals surface area contributed by atoms with Gasteiger partial charge in [-0.2, -0.15) is 0 Å². The summed E-state index contributed by atoms with van der Waals surface area (Å²) in [7, 11) is 0. The zero-order chi connectivity index (χ0) is 18.8. The molecule has 1 unspecified atom stereocenters. The normalized spacial score (nSPS) is 16.8. The lowest BCUT2D eigenvalue weighted by Gasteiger charge is -2.29. The van der Waals surface area contributed by atoms with E-state index in [0.717, 1.165) is 22.4 Å². The number of carbonyl (C=O) groups is 2. The molecule has 2 aromatic rings. The maximum absolute atomic E-state index is 13.0. The first kappa shape index (κ1) is 18.0. The maximum atomic E-state index is 13.0. The van der Waals surface area contributed by atoms with E-state index in [1.165, 1.54) is 0 Å². The zero-order valence-corrected chi connectivity index (χ0v) is 15.6. The van der Waals surface area contributed by atoms with Gasteiger partial charge in [-0.1, -0.05) is 35.9 Å². The highest BCUT2D eigenvalue weighted by Crippen LogP contribution is 2.29. The summed E-state index contributed by atoms with van der Waals surface area (Å²) in [6, 6.07) is 12.1. The van der Waals surface area contributed by atoms with Gasteiger partial charge in [0.1, 0.15) is 0 Å². The highest BCUT2D eigenvalue weighted by atomic mass is 35.5. The van der Waals surface area contributed by atoms with Gasteiger partial charge in [0.25, 0.3) is 5.91 Å². The Balaban J connectivity index is 1.98. The molecule has 0 saturated heterocycles. The fourth-order valence-electron chi connectivity index (χ4n) is 2.99. The number of rotatable bonds is 3. The van der Waals surface area contributed by atoms with Crippen molar-refractivity contribution in [3.8, 4) is 0 Å². The van der Waals surface area contributed by atoms with E-state index >= 15 is 0 Å². The highest BCUT2D eigenvalue weighted by Gasteiger charge is 2.31. The largest absolute Gasteiger partial charge is 0.327 e. The van der Waals surface area contributed by atoms with Gasteiger partial charge in [0.2, 0.25) is 0 Å². The van der Waals surface area contributed by atoms with E-state index in [-0.39, 0.29) is 11.9 Å². The van der Waals surface area contributed by atoms with Crippen LogP contribution in [0.1, 0.15) is 29.7 Å². The summed E-state index contributed by atoms with van der Waals surface area (Å²) in [6.07, 6.45) is 0. The quantitative estimate of drug-likeness (QED) is 0.757. The molecule has 1 atom stereocenters. The number of anilines is 1. The molecule has 1 aliphatic heterocycles. The van der Waals surface area contributed by atoms with Gasteiger partial charge in [-0.3, -0.25) is 4.79 Å². The summed E-state index contributed by atoms with van der Waals surface area (Å²) in [4.78, 5) is 25.0. The SMILES string of the molecule is CC1=C(C(=O)Nc2cc(C)ccc2C)C(c2cccc(Cl)c2)NC(=O)N1. The lowest BCUT2D eigenvalue weighted by molar-refractivity contribution is -0.113. The topological polar surface area (TPSA) is 70.2 Å². The second kappa shape index (κ2) is 7.22. The lowest BCUT2D eigenvalue weighted by Crippen LogP contribution is -2.46. The Bertz CT molecular complexity index is 921. The molecule has 5 nitrogen and oxygen atoms in total. The number of aryl methyl sites for hydroxylation is 2. The van der Waals surface area contributed by atoms with Gasteiger partial charge in [0, 0.05) is 16.4 Å². The average Bonchev–Trinajstić information content (AvgIpc) is 2.57. The summed E-state index contributed by atoms with van der Waals surface area (Å²) in [5, 5.41) is 8.98. The number of urea groups is 1. The van der Waals surface area contributed by atoms with E-state index in [1.54, 1.807) is 25.1 Å². The van der Waals surface area contributed by atoms with E-state index in [2.05, 4.69) is 16.0 Å². The second-order valence-corrected chi connectivity index (χ2v) is 6.83. The maximum Gasteiger partial charge on any atom is 0.319 e. The van der Waals surface area contributed by atoms with Crippen molar-refractivity contribution in [3.63, 3.8) is 0 Å². The summed E-state index contributed by atoms with van der Waals surface area (Å²) in [5.74, 6) is -0.270. The smallest absolute Gasteiger partial charge is 0.319 e. The number of benzene rings is 2. The Labute approximate surface area is 157 Å². The number of halogens is 1. The molecule has 0 spiro atoms. The Hall–Kier alpha value is -2.79. The predicted octanol–water partition coefficient (Wildman–Crippen LogP) is 4.22. The minimum absolute atomic E-state index is 0.270. The van der Waals surface area contributed by atoms with Crippen LogP contribution in [0.15, 0.2) is 53.7 Å². The standard InChI is InChI=1S/C20H20ClN3O2/c1-11-7-8-12(2)16(9-11)23-19(25)17-13(3)22-20(26)24-18(17)14-5-4-6-15(21)10-14/h4-10,18H,1-3H3,(H,23,25)(H2,22,24,26). The number of hydrogen-bond acceptors (Lipinski definition) is 2. The second-order valence-electron chi connectivity index (χ2n) is 6.40. The Morgan fingerprint density at radius 2 is 1.88 bits per heavy atom. The van der Waals surface area contributed by atoms with Crippen molar-refractivity contribution in [2.45, 2.75) is 26.8 Å². The number of carbonyl (C=O) groups excluding carboxylic acids is 2. The van der Waals surface area contributed by atoms with Gasteiger partial charge >= 0.3 is 6.03 Å². The molecule has 1 heterocycles. The van der Waals surface area contributed by atoms with Crippen molar-refractivity contribution >= 4 is 29.2 Å². The van der Waals surface area contributed by atoms with Crippen molar-refractivity contribution in [1.82, 2.24) is 10.6 Å². The van der Waals surface area contributed by atoms with Crippen LogP contribution < -0.4 is 16.0 Å². The van der Waals surface area contributed by atoms with Crippen molar-refractivity contribution < 1.29 is 9.59 Å². The molecule has 2 aromatic carbocycles. The third-order valence-electron chi connectivity index (χ3n) is 4.34. The number of amides is 3. The molecular formula is C20H20ClN3O2. The van der Waals surface area contributed by atoms with E-state index < -0.39 is 6.04 Å². The molecule has 134 valence electrons. The van der Waals surface area contributed by atoms with Crippen LogP contribution in [0.4, 0.5) is 10.5 Å². The van der Waals surface area contributed by atoms with E-state index in [9.17, 15) is 9.59 Å². The molecule has 0 aliphatic carbocycles. The third-order valence-corrected chi connectivity index (χ3v) is 4.57. The average molecular weight is 370 g/mol. The molecule has 3 N–H and O–H groups in total.